The summed E-state index contributed by atoms with van der Waals surface area (Å²) in [5, 5.41) is 0.577. The molecule has 0 amide bonds. The monoisotopic (exact) mass is 282 g/mol. The topological polar surface area (TPSA) is 64.2 Å². The standard InChI is InChI=1S/C16H14N2O3/c1-20-10-21-12-6-4-5-11(9-12)15-17-14-8-3-2-7-13(14)16(19)18-15/h2-9H,10H2,1H3,(H,17,18,19). The Bertz CT molecular complexity index is 827. The molecule has 21 heavy (non-hydrogen) atoms. The Morgan fingerprint density at radius 2 is 2.00 bits per heavy atom. The third-order valence-electron chi connectivity index (χ3n) is 3.06. The predicted octanol–water partition coefficient (Wildman–Crippen LogP) is 2.57. The van der Waals surface area contributed by atoms with Gasteiger partial charge in [0.05, 0.1) is 10.9 Å². The van der Waals surface area contributed by atoms with Crippen molar-refractivity contribution < 1.29 is 9.47 Å². The molecule has 0 atom stereocenters. The van der Waals surface area contributed by atoms with Crippen molar-refractivity contribution in [1.29, 1.82) is 0 Å². The molecule has 0 bridgehead atoms. The van der Waals surface area contributed by atoms with Crippen LogP contribution in [0.5, 0.6) is 5.75 Å². The highest BCUT2D eigenvalue weighted by Crippen LogP contribution is 2.21. The average molecular weight is 282 g/mol. The van der Waals surface area contributed by atoms with Crippen molar-refractivity contribution in [2.75, 3.05) is 13.9 Å². The summed E-state index contributed by atoms with van der Waals surface area (Å²) in [5.41, 5.74) is 1.30. The number of nitrogens with zero attached hydrogens (tertiary/aromatic N) is 1. The van der Waals surface area contributed by atoms with Crippen molar-refractivity contribution in [3.63, 3.8) is 0 Å². The Labute approximate surface area is 121 Å². The maximum absolute atomic E-state index is 12.1. The number of aromatic nitrogens is 2. The lowest BCUT2D eigenvalue weighted by Gasteiger charge is -2.07. The minimum Gasteiger partial charge on any atom is -0.468 e. The lowest BCUT2D eigenvalue weighted by atomic mass is 10.2. The third-order valence-corrected chi connectivity index (χ3v) is 3.06. The highest BCUT2D eigenvalue weighted by Gasteiger charge is 2.06. The number of aromatic amines is 1. The average Bonchev–Trinajstić information content (AvgIpc) is 2.53. The van der Waals surface area contributed by atoms with Crippen LogP contribution in [-0.2, 0) is 4.74 Å². The normalized spacial score (nSPS) is 10.7. The van der Waals surface area contributed by atoms with Crippen LogP contribution in [0.3, 0.4) is 0 Å². The second kappa shape index (κ2) is 5.76. The van der Waals surface area contributed by atoms with Crippen LogP contribution >= 0.6 is 0 Å². The van der Waals surface area contributed by atoms with Gasteiger partial charge in [0, 0.05) is 12.7 Å². The summed E-state index contributed by atoms with van der Waals surface area (Å²) in [6.45, 7) is 0.172. The number of hydrogen-bond donors (Lipinski definition) is 1. The van der Waals surface area contributed by atoms with Gasteiger partial charge in [0.1, 0.15) is 11.6 Å². The molecule has 0 fully saturated rings. The van der Waals surface area contributed by atoms with Crippen LogP contribution in [0.15, 0.2) is 53.3 Å². The van der Waals surface area contributed by atoms with E-state index in [1.165, 1.54) is 0 Å². The molecule has 0 aliphatic carbocycles. The number of nitrogens with one attached hydrogen (secondary N) is 1. The van der Waals surface area contributed by atoms with Gasteiger partial charge in [-0.1, -0.05) is 24.3 Å². The zero-order chi connectivity index (χ0) is 14.7. The zero-order valence-electron chi connectivity index (χ0n) is 11.5. The molecule has 0 aliphatic rings. The lowest BCUT2D eigenvalue weighted by molar-refractivity contribution is 0.0511. The van der Waals surface area contributed by atoms with Crippen LogP contribution in [0.4, 0.5) is 0 Å². The van der Waals surface area contributed by atoms with Gasteiger partial charge in [0.2, 0.25) is 0 Å². The Balaban J connectivity index is 2.06. The number of fused-ring (bicyclic) bond motifs is 1. The van der Waals surface area contributed by atoms with Crippen LogP contribution in [0.2, 0.25) is 0 Å². The Kier molecular flexibility index (Phi) is 3.66. The fourth-order valence-electron chi connectivity index (χ4n) is 2.08. The maximum atomic E-state index is 12.1. The van der Waals surface area contributed by atoms with Crippen LogP contribution in [-0.4, -0.2) is 23.9 Å². The number of benzene rings is 2. The predicted molar refractivity (Wildman–Crippen MR) is 80.3 cm³/mol. The molecule has 5 nitrogen and oxygen atoms in total. The number of methoxy groups -OCH3 is 1. The van der Waals surface area contributed by atoms with Gasteiger partial charge in [0.15, 0.2) is 6.79 Å². The highest BCUT2D eigenvalue weighted by atomic mass is 16.7. The summed E-state index contributed by atoms with van der Waals surface area (Å²) in [5.74, 6) is 1.17. The van der Waals surface area contributed by atoms with Gasteiger partial charge in [0.25, 0.3) is 5.56 Å². The number of rotatable bonds is 4. The summed E-state index contributed by atoms with van der Waals surface area (Å²) in [7, 11) is 1.56. The number of para-hydroxylation sites is 1. The van der Waals surface area contributed by atoms with Gasteiger partial charge < -0.3 is 14.5 Å². The van der Waals surface area contributed by atoms with Crippen molar-refractivity contribution in [3.8, 4) is 17.1 Å². The Hall–Kier alpha value is -2.66. The van der Waals surface area contributed by atoms with Gasteiger partial charge >= 0.3 is 0 Å². The van der Waals surface area contributed by atoms with E-state index in [-0.39, 0.29) is 12.4 Å². The largest absolute Gasteiger partial charge is 0.468 e. The highest BCUT2D eigenvalue weighted by molar-refractivity contribution is 5.79. The molecule has 2 aromatic carbocycles. The lowest BCUT2D eigenvalue weighted by Crippen LogP contribution is -2.09. The molecule has 1 heterocycles. The van der Waals surface area contributed by atoms with Crippen molar-refractivity contribution in [2.24, 2.45) is 0 Å². The molecule has 1 N–H and O–H groups in total. The van der Waals surface area contributed by atoms with Gasteiger partial charge in [-0.15, -0.1) is 0 Å². The quantitative estimate of drug-likeness (QED) is 0.747. The van der Waals surface area contributed by atoms with E-state index in [2.05, 4.69) is 9.97 Å². The van der Waals surface area contributed by atoms with Gasteiger partial charge in [-0.3, -0.25) is 4.79 Å². The molecule has 0 unspecified atom stereocenters. The third kappa shape index (κ3) is 2.78. The molecule has 0 saturated heterocycles. The Morgan fingerprint density at radius 1 is 1.14 bits per heavy atom. The van der Waals surface area contributed by atoms with E-state index < -0.39 is 0 Å². The first-order valence-electron chi connectivity index (χ1n) is 6.49. The number of H-pyrrole nitrogens is 1. The van der Waals surface area contributed by atoms with Crippen LogP contribution in [0, 0.1) is 0 Å². The molecule has 3 aromatic rings. The molecule has 0 aliphatic heterocycles. The summed E-state index contributed by atoms with van der Waals surface area (Å²) in [4.78, 5) is 19.4. The first-order valence-corrected chi connectivity index (χ1v) is 6.49. The maximum Gasteiger partial charge on any atom is 0.259 e. The first-order chi connectivity index (χ1) is 10.3. The molecular weight excluding hydrogens is 268 g/mol. The van der Waals surface area contributed by atoms with Gasteiger partial charge in [-0.05, 0) is 24.3 Å². The summed E-state index contributed by atoms with van der Waals surface area (Å²) >= 11 is 0. The van der Waals surface area contributed by atoms with E-state index in [4.69, 9.17) is 9.47 Å². The molecule has 0 saturated carbocycles. The molecular formula is C16H14N2O3. The smallest absolute Gasteiger partial charge is 0.259 e. The van der Waals surface area contributed by atoms with Crippen LogP contribution in [0.1, 0.15) is 0 Å². The fraction of sp³-hybridized carbons (Fsp3) is 0.125. The van der Waals surface area contributed by atoms with Gasteiger partial charge in [-0.2, -0.15) is 0 Å². The first kappa shape index (κ1) is 13.3. The summed E-state index contributed by atoms with van der Waals surface area (Å²) < 4.78 is 10.3. The minimum atomic E-state index is -0.154. The minimum absolute atomic E-state index is 0.154. The Morgan fingerprint density at radius 3 is 2.86 bits per heavy atom. The summed E-state index contributed by atoms with van der Waals surface area (Å²) in [6, 6.07) is 14.6. The van der Waals surface area contributed by atoms with Crippen LogP contribution < -0.4 is 10.3 Å². The van der Waals surface area contributed by atoms with E-state index >= 15 is 0 Å². The molecule has 0 spiro atoms. The molecule has 5 heteroatoms. The van der Waals surface area contributed by atoms with E-state index in [9.17, 15) is 4.79 Å². The zero-order valence-corrected chi connectivity index (χ0v) is 11.5. The van der Waals surface area contributed by atoms with Crippen molar-refractivity contribution in [3.05, 3.63) is 58.9 Å². The van der Waals surface area contributed by atoms with Gasteiger partial charge in [-0.25, -0.2) is 4.98 Å². The number of ether oxygens (including phenoxy) is 2. The van der Waals surface area contributed by atoms with E-state index in [0.29, 0.717) is 22.5 Å². The van der Waals surface area contributed by atoms with Crippen molar-refractivity contribution in [1.82, 2.24) is 9.97 Å². The molecule has 1 aromatic heterocycles. The van der Waals surface area contributed by atoms with E-state index in [1.54, 1.807) is 13.2 Å². The second-order valence-corrected chi connectivity index (χ2v) is 4.51. The summed E-state index contributed by atoms with van der Waals surface area (Å²) in [6.07, 6.45) is 0. The molecule has 3 rings (SSSR count). The molecule has 106 valence electrons. The van der Waals surface area contributed by atoms with Crippen molar-refractivity contribution in [2.45, 2.75) is 0 Å². The molecule has 0 radical (unpaired) electrons. The SMILES string of the molecule is COCOc1cccc(-c2nc3ccccc3c(=O)[nH]2)c1. The van der Waals surface area contributed by atoms with E-state index in [1.807, 2.05) is 42.5 Å². The fourth-order valence-corrected chi connectivity index (χ4v) is 2.08. The second-order valence-electron chi connectivity index (χ2n) is 4.51. The van der Waals surface area contributed by atoms with Crippen LogP contribution in [0.25, 0.3) is 22.3 Å². The van der Waals surface area contributed by atoms with Crippen molar-refractivity contribution >= 4 is 10.9 Å². The number of hydrogen-bond acceptors (Lipinski definition) is 4. The van der Waals surface area contributed by atoms with E-state index in [0.717, 1.165) is 5.56 Å².